The van der Waals surface area contributed by atoms with Crippen molar-refractivity contribution in [2.24, 2.45) is 5.92 Å². The highest BCUT2D eigenvalue weighted by atomic mass is 32.1. The molecule has 1 aliphatic carbocycles. The Morgan fingerprint density at radius 3 is 3.00 bits per heavy atom. The number of rotatable bonds is 3. The number of hydrogen-bond acceptors (Lipinski definition) is 4. The molecule has 3 nitrogen and oxygen atoms in total. The van der Waals surface area contributed by atoms with Crippen molar-refractivity contribution in [3.8, 4) is 0 Å². The fourth-order valence-corrected chi connectivity index (χ4v) is 2.87. The van der Waals surface area contributed by atoms with Gasteiger partial charge in [-0.3, -0.25) is 4.79 Å². The molecular formula is C13H17NO2S. The monoisotopic (exact) mass is 251 g/mol. The maximum absolute atomic E-state index is 11.6. The maximum Gasteiger partial charge on any atom is 0.309 e. The highest BCUT2D eigenvalue weighted by Crippen LogP contribution is 2.32. The Morgan fingerprint density at radius 2 is 2.47 bits per heavy atom. The Morgan fingerprint density at radius 1 is 1.65 bits per heavy atom. The first kappa shape index (κ1) is 12.3. The Balaban J connectivity index is 2.00. The topological polar surface area (TPSA) is 39.2 Å². The van der Waals surface area contributed by atoms with Crippen molar-refractivity contribution >= 4 is 22.9 Å². The lowest BCUT2D eigenvalue weighted by Crippen LogP contribution is -2.19. The van der Waals surface area contributed by atoms with Crippen LogP contribution in [-0.4, -0.2) is 17.6 Å². The first-order valence-corrected chi connectivity index (χ1v) is 6.87. The van der Waals surface area contributed by atoms with Gasteiger partial charge in [0.2, 0.25) is 0 Å². The largest absolute Gasteiger partial charge is 0.466 e. The quantitative estimate of drug-likeness (QED) is 0.774. The third kappa shape index (κ3) is 2.94. The summed E-state index contributed by atoms with van der Waals surface area (Å²) in [7, 11) is 0. The summed E-state index contributed by atoms with van der Waals surface area (Å²) in [6, 6.07) is 0. The second kappa shape index (κ2) is 5.45. The SMILES string of the molecule is CCOC(=O)[C@@H]1CC=C(c2nc(C)cs2)CC1. The Labute approximate surface area is 106 Å². The van der Waals surface area contributed by atoms with E-state index in [-0.39, 0.29) is 11.9 Å². The molecule has 1 aliphatic rings. The van der Waals surface area contributed by atoms with Crippen LogP contribution in [0.2, 0.25) is 0 Å². The summed E-state index contributed by atoms with van der Waals surface area (Å²) in [6.45, 7) is 4.32. The standard InChI is InChI=1S/C13H17NO2S/c1-3-16-13(15)11-6-4-10(5-7-11)12-14-9(2)8-17-12/h4,8,11H,3,5-7H2,1-2H3/t11-/m1/s1. The molecule has 0 saturated heterocycles. The fraction of sp³-hybridized carbons (Fsp3) is 0.538. The van der Waals surface area contributed by atoms with Crippen molar-refractivity contribution in [1.82, 2.24) is 4.98 Å². The van der Waals surface area contributed by atoms with Gasteiger partial charge in [-0.15, -0.1) is 11.3 Å². The lowest BCUT2D eigenvalue weighted by atomic mass is 9.90. The van der Waals surface area contributed by atoms with Crippen molar-refractivity contribution in [3.05, 3.63) is 22.2 Å². The number of aryl methyl sites for hydroxylation is 1. The molecule has 0 fully saturated rings. The van der Waals surface area contributed by atoms with Crippen molar-refractivity contribution in [1.29, 1.82) is 0 Å². The van der Waals surface area contributed by atoms with Gasteiger partial charge in [0.05, 0.1) is 12.5 Å². The molecule has 0 aromatic carbocycles. The average molecular weight is 251 g/mol. The van der Waals surface area contributed by atoms with Gasteiger partial charge in [-0.25, -0.2) is 4.98 Å². The Bertz CT molecular complexity index is 436. The van der Waals surface area contributed by atoms with Gasteiger partial charge in [-0.05, 0) is 38.7 Å². The summed E-state index contributed by atoms with van der Waals surface area (Å²) in [6.07, 6.45) is 4.73. The van der Waals surface area contributed by atoms with Crippen LogP contribution in [0.15, 0.2) is 11.5 Å². The van der Waals surface area contributed by atoms with Crippen molar-refractivity contribution in [3.63, 3.8) is 0 Å². The van der Waals surface area contributed by atoms with Crippen LogP contribution >= 0.6 is 11.3 Å². The smallest absolute Gasteiger partial charge is 0.309 e. The number of thiazole rings is 1. The van der Waals surface area contributed by atoms with E-state index in [0.717, 1.165) is 30.0 Å². The van der Waals surface area contributed by atoms with E-state index in [1.54, 1.807) is 11.3 Å². The second-order valence-corrected chi connectivity index (χ2v) is 5.10. The van der Waals surface area contributed by atoms with Crippen LogP contribution in [-0.2, 0) is 9.53 Å². The van der Waals surface area contributed by atoms with Crippen LogP contribution in [0.4, 0.5) is 0 Å². The molecule has 0 radical (unpaired) electrons. The molecule has 0 amide bonds. The number of carbonyl (C=O) groups is 1. The second-order valence-electron chi connectivity index (χ2n) is 4.25. The lowest BCUT2D eigenvalue weighted by Gasteiger charge is -2.19. The third-order valence-corrected chi connectivity index (χ3v) is 3.96. The fourth-order valence-electron chi connectivity index (χ4n) is 2.00. The molecular weight excluding hydrogens is 234 g/mol. The molecule has 1 heterocycles. The van der Waals surface area contributed by atoms with Gasteiger partial charge in [-0.1, -0.05) is 6.08 Å². The van der Waals surface area contributed by atoms with E-state index in [9.17, 15) is 4.79 Å². The molecule has 4 heteroatoms. The average Bonchev–Trinajstić information content (AvgIpc) is 2.76. The van der Waals surface area contributed by atoms with Gasteiger partial charge in [0.1, 0.15) is 5.01 Å². The normalized spacial score (nSPS) is 19.9. The molecule has 92 valence electrons. The van der Waals surface area contributed by atoms with E-state index < -0.39 is 0 Å². The van der Waals surface area contributed by atoms with E-state index in [1.807, 2.05) is 13.8 Å². The number of carbonyl (C=O) groups excluding carboxylic acids is 1. The van der Waals surface area contributed by atoms with Gasteiger partial charge in [-0.2, -0.15) is 0 Å². The number of hydrogen-bond donors (Lipinski definition) is 0. The summed E-state index contributed by atoms with van der Waals surface area (Å²) >= 11 is 1.68. The molecule has 0 saturated carbocycles. The first-order valence-electron chi connectivity index (χ1n) is 5.99. The van der Waals surface area contributed by atoms with E-state index in [0.29, 0.717) is 6.61 Å². The molecule has 2 rings (SSSR count). The molecule has 17 heavy (non-hydrogen) atoms. The Kier molecular flexibility index (Phi) is 3.94. The molecule has 0 bridgehead atoms. The minimum absolute atomic E-state index is 0.0414. The number of esters is 1. The van der Waals surface area contributed by atoms with E-state index in [4.69, 9.17) is 4.74 Å². The van der Waals surface area contributed by atoms with Crippen molar-refractivity contribution in [2.75, 3.05) is 6.61 Å². The van der Waals surface area contributed by atoms with E-state index in [1.165, 1.54) is 5.57 Å². The van der Waals surface area contributed by atoms with E-state index in [2.05, 4.69) is 16.4 Å². The molecule has 0 spiro atoms. The number of aromatic nitrogens is 1. The molecule has 0 N–H and O–H groups in total. The highest BCUT2D eigenvalue weighted by molar-refractivity contribution is 7.10. The molecule has 0 aliphatic heterocycles. The highest BCUT2D eigenvalue weighted by Gasteiger charge is 2.23. The zero-order valence-electron chi connectivity index (χ0n) is 10.2. The molecule has 1 atom stereocenters. The van der Waals surface area contributed by atoms with Crippen molar-refractivity contribution in [2.45, 2.75) is 33.1 Å². The predicted octanol–water partition coefficient (Wildman–Crippen LogP) is 3.20. The minimum Gasteiger partial charge on any atom is -0.466 e. The summed E-state index contributed by atoms with van der Waals surface area (Å²) in [5.41, 5.74) is 2.35. The van der Waals surface area contributed by atoms with Crippen LogP contribution in [0, 0.1) is 12.8 Å². The van der Waals surface area contributed by atoms with Crippen LogP contribution in [0.5, 0.6) is 0 Å². The lowest BCUT2D eigenvalue weighted by molar-refractivity contribution is -0.148. The minimum atomic E-state index is -0.0573. The van der Waals surface area contributed by atoms with Crippen LogP contribution in [0.3, 0.4) is 0 Å². The van der Waals surface area contributed by atoms with Crippen LogP contribution in [0.25, 0.3) is 5.57 Å². The van der Waals surface area contributed by atoms with Crippen molar-refractivity contribution < 1.29 is 9.53 Å². The molecule has 0 unspecified atom stereocenters. The van der Waals surface area contributed by atoms with Gasteiger partial charge < -0.3 is 4.74 Å². The van der Waals surface area contributed by atoms with Gasteiger partial charge >= 0.3 is 5.97 Å². The summed E-state index contributed by atoms with van der Waals surface area (Å²) < 4.78 is 5.05. The zero-order chi connectivity index (χ0) is 12.3. The maximum atomic E-state index is 11.6. The summed E-state index contributed by atoms with van der Waals surface area (Å²) in [5, 5.41) is 3.16. The predicted molar refractivity (Wildman–Crippen MR) is 68.8 cm³/mol. The van der Waals surface area contributed by atoms with Crippen LogP contribution < -0.4 is 0 Å². The number of ether oxygens (including phenoxy) is 1. The number of nitrogens with zero attached hydrogens (tertiary/aromatic N) is 1. The van der Waals surface area contributed by atoms with Gasteiger partial charge in [0.25, 0.3) is 0 Å². The molecule has 1 aromatic rings. The zero-order valence-corrected chi connectivity index (χ0v) is 11.0. The van der Waals surface area contributed by atoms with Crippen LogP contribution in [0.1, 0.15) is 36.9 Å². The van der Waals surface area contributed by atoms with Gasteiger partial charge in [0.15, 0.2) is 0 Å². The first-order chi connectivity index (χ1) is 8.20. The van der Waals surface area contributed by atoms with Gasteiger partial charge in [0, 0.05) is 11.1 Å². The summed E-state index contributed by atoms with van der Waals surface area (Å²) in [4.78, 5) is 16.1. The summed E-state index contributed by atoms with van der Waals surface area (Å²) in [5.74, 6) is -0.0159. The third-order valence-electron chi connectivity index (χ3n) is 2.92. The Hall–Kier alpha value is -1.16. The molecule has 1 aromatic heterocycles. The number of allylic oxidation sites excluding steroid dienone is 2. The van der Waals surface area contributed by atoms with E-state index >= 15 is 0 Å².